The lowest BCUT2D eigenvalue weighted by Crippen LogP contribution is -2.43. The van der Waals surface area contributed by atoms with Gasteiger partial charge in [0.25, 0.3) is 5.82 Å². The number of ether oxygens (including phenoxy) is 2. The molecule has 1 aromatic heterocycles. The van der Waals surface area contributed by atoms with Gasteiger partial charge in [0, 0.05) is 17.2 Å². The summed E-state index contributed by atoms with van der Waals surface area (Å²) in [6.07, 6.45) is 2.69. The number of morpholine rings is 1. The van der Waals surface area contributed by atoms with E-state index in [0.717, 1.165) is 57.8 Å². The number of anilines is 1. The Morgan fingerprint density at radius 1 is 1.38 bits per heavy atom. The minimum absolute atomic E-state index is 0.267. The van der Waals surface area contributed by atoms with Crippen molar-refractivity contribution in [3.05, 3.63) is 27.8 Å². The number of pyridine rings is 1. The molecule has 140 valence electrons. The van der Waals surface area contributed by atoms with Crippen LogP contribution in [0, 0.1) is 11.3 Å². The molecule has 0 atom stereocenters. The summed E-state index contributed by atoms with van der Waals surface area (Å²) < 4.78 is 11.6. The monoisotopic (exact) mass is 394 g/mol. The minimum atomic E-state index is -0.267. The Bertz CT molecular complexity index is 748. The summed E-state index contributed by atoms with van der Waals surface area (Å²) in [4.78, 5) is 5.82. The Morgan fingerprint density at radius 2 is 2.12 bits per heavy atom. The zero-order chi connectivity index (χ0) is 18.7. The molecule has 3 rings (SSSR count). The van der Waals surface area contributed by atoms with Crippen LogP contribution in [0.4, 0.5) is 5.82 Å². The van der Waals surface area contributed by atoms with Gasteiger partial charge in [-0.3, -0.25) is 4.90 Å². The molecular formula is C19H25ClN3O2S+. The molecule has 2 aliphatic heterocycles. The first-order valence-electron chi connectivity index (χ1n) is 8.84. The largest absolute Gasteiger partial charge is 0.373 e. The lowest BCUT2D eigenvalue weighted by Gasteiger charge is -2.34. The number of thioether (sulfide) groups is 1. The first kappa shape index (κ1) is 19.5. The molecule has 1 fully saturated rings. The van der Waals surface area contributed by atoms with E-state index in [4.69, 9.17) is 21.1 Å². The maximum absolute atomic E-state index is 9.86. The van der Waals surface area contributed by atoms with E-state index in [2.05, 4.69) is 29.8 Å². The summed E-state index contributed by atoms with van der Waals surface area (Å²) in [5.74, 6) is 1.79. The molecule has 26 heavy (non-hydrogen) atoms. The number of fused-ring (bicyclic) bond motifs is 1. The second-order valence-electron chi connectivity index (χ2n) is 7.17. The normalized spacial score (nSPS) is 19.8. The van der Waals surface area contributed by atoms with Crippen LogP contribution in [0.3, 0.4) is 0 Å². The molecule has 1 aromatic rings. The molecule has 0 radical (unpaired) electrons. The molecule has 1 N–H and O–H groups in total. The molecule has 0 aromatic carbocycles. The number of nitrogens with one attached hydrogen (secondary N) is 1. The van der Waals surface area contributed by atoms with Crippen LogP contribution < -0.4 is 9.88 Å². The Kier molecular flexibility index (Phi) is 6.13. The molecule has 0 saturated carbocycles. The molecule has 0 amide bonds. The van der Waals surface area contributed by atoms with Crippen LogP contribution in [-0.2, 0) is 22.5 Å². The van der Waals surface area contributed by atoms with Crippen molar-refractivity contribution in [3.8, 4) is 6.07 Å². The van der Waals surface area contributed by atoms with E-state index in [1.807, 2.05) is 13.0 Å². The first-order chi connectivity index (χ1) is 12.4. The van der Waals surface area contributed by atoms with Crippen LogP contribution >= 0.6 is 23.4 Å². The quantitative estimate of drug-likeness (QED) is 0.733. The molecule has 1 saturated heterocycles. The molecule has 0 spiro atoms. The maximum atomic E-state index is 9.86. The van der Waals surface area contributed by atoms with Gasteiger partial charge in [-0.15, -0.1) is 0 Å². The SMILES string of the molecule is C/C(Cl)=C\CSc1[nH+]c(N2CCOCC2)c2c(c1C#N)CC(C)(C)OC2. The third-order valence-corrected chi connectivity index (χ3v) is 5.73. The lowest BCUT2D eigenvalue weighted by atomic mass is 9.89. The summed E-state index contributed by atoms with van der Waals surface area (Å²) in [6.45, 7) is 9.64. The summed E-state index contributed by atoms with van der Waals surface area (Å²) >= 11 is 7.57. The fourth-order valence-electron chi connectivity index (χ4n) is 3.29. The van der Waals surface area contributed by atoms with Gasteiger partial charge < -0.3 is 9.47 Å². The zero-order valence-corrected chi connectivity index (χ0v) is 17.1. The number of aromatic nitrogens is 1. The number of allylic oxidation sites excluding steroid dienone is 1. The highest BCUT2D eigenvalue weighted by Gasteiger charge is 2.36. The summed E-state index contributed by atoms with van der Waals surface area (Å²) in [7, 11) is 0. The van der Waals surface area contributed by atoms with Crippen LogP contribution in [0.1, 0.15) is 37.5 Å². The van der Waals surface area contributed by atoms with Gasteiger partial charge in [0.05, 0.1) is 31.0 Å². The van der Waals surface area contributed by atoms with Crippen LogP contribution in [0.2, 0.25) is 0 Å². The van der Waals surface area contributed by atoms with Crippen molar-refractivity contribution in [2.45, 2.75) is 44.4 Å². The van der Waals surface area contributed by atoms with Gasteiger partial charge in [0.1, 0.15) is 24.7 Å². The Labute approximate surface area is 164 Å². The Hall–Kier alpha value is -1.26. The van der Waals surface area contributed by atoms with Gasteiger partial charge in [-0.25, -0.2) is 4.98 Å². The van der Waals surface area contributed by atoms with E-state index in [1.54, 1.807) is 11.8 Å². The van der Waals surface area contributed by atoms with Crippen molar-refractivity contribution < 1.29 is 14.5 Å². The van der Waals surface area contributed by atoms with Gasteiger partial charge in [-0.1, -0.05) is 29.4 Å². The third kappa shape index (κ3) is 4.34. The fraction of sp³-hybridized carbons (Fsp3) is 0.579. The van der Waals surface area contributed by atoms with Crippen LogP contribution in [0.25, 0.3) is 0 Å². The van der Waals surface area contributed by atoms with Crippen molar-refractivity contribution >= 4 is 29.2 Å². The van der Waals surface area contributed by atoms with Crippen molar-refractivity contribution in [2.24, 2.45) is 0 Å². The average Bonchev–Trinajstić information content (AvgIpc) is 2.60. The van der Waals surface area contributed by atoms with Crippen molar-refractivity contribution in [1.29, 1.82) is 5.26 Å². The zero-order valence-electron chi connectivity index (χ0n) is 15.5. The predicted molar refractivity (Wildman–Crippen MR) is 104 cm³/mol. The lowest BCUT2D eigenvalue weighted by molar-refractivity contribution is -0.415. The van der Waals surface area contributed by atoms with Crippen LogP contribution in [0.15, 0.2) is 16.1 Å². The summed E-state index contributed by atoms with van der Waals surface area (Å²) in [5.41, 5.74) is 2.69. The number of halogens is 1. The second-order valence-corrected chi connectivity index (χ2v) is 8.80. The number of nitriles is 1. The number of H-pyrrole nitrogens is 1. The van der Waals surface area contributed by atoms with Crippen molar-refractivity contribution in [2.75, 3.05) is 37.0 Å². The van der Waals surface area contributed by atoms with E-state index >= 15 is 0 Å². The average molecular weight is 395 g/mol. The smallest absolute Gasteiger partial charge is 0.281 e. The van der Waals surface area contributed by atoms with Crippen molar-refractivity contribution in [3.63, 3.8) is 0 Å². The molecule has 0 aliphatic carbocycles. The molecule has 7 heteroatoms. The van der Waals surface area contributed by atoms with E-state index in [-0.39, 0.29) is 5.60 Å². The molecule has 0 bridgehead atoms. The summed E-state index contributed by atoms with van der Waals surface area (Å²) in [6, 6.07) is 2.43. The van der Waals surface area contributed by atoms with Crippen LogP contribution in [0.5, 0.6) is 0 Å². The number of nitrogens with zero attached hydrogens (tertiary/aromatic N) is 2. The van der Waals surface area contributed by atoms with Gasteiger partial charge in [0.2, 0.25) is 0 Å². The third-order valence-electron chi connectivity index (χ3n) is 4.65. The summed E-state index contributed by atoms with van der Waals surface area (Å²) in [5, 5.41) is 11.5. The van der Waals surface area contributed by atoms with E-state index in [1.165, 1.54) is 0 Å². The second kappa shape index (κ2) is 8.18. The van der Waals surface area contributed by atoms with E-state index in [0.29, 0.717) is 19.8 Å². The molecular weight excluding hydrogens is 370 g/mol. The fourth-order valence-corrected chi connectivity index (χ4v) is 4.45. The Balaban J connectivity index is 2.06. The topological polar surface area (TPSA) is 59.6 Å². The number of hydrogen-bond acceptors (Lipinski definition) is 5. The standard InChI is InChI=1S/C19H24ClN3O2S/c1-13(20)4-9-26-18-15(11-21)14-10-19(2,3)25-12-16(14)17(22-18)23-5-7-24-8-6-23/h4H,5-10,12H2,1-3H3/p+1/b13-4+. The molecule has 0 unspecified atom stereocenters. The van der Waals surface area contributed by atoms with Gasteiger partial charge in [-0.05, 0) is 26.3 Å². The Morgan fingerprint density at radius 3 is 2.77 bits per heavy atom. The number of hydrogen-bond donors (Lipinski definition) is 0. The number of aromatic amines is 1. The molecule has 3 heterocycles. The van der Waals surface area contributed by atoms with E-state index < -0.39 is 0 Å². The number of rotatable bonds is 4. The molecule has 2 aliphatic rings. The van der Waals surface area contributed by atoms with Crippen LogP contribution in [-0.4, -0.2) is 37.7 Å². The van der Waals surface area contributed by atoms with Gasteiger partial charge >= 0.3 is 0 Å². The van der Waals surface area contributed by atoms with Crippen molar-refractivity contribution in [1.82, 2.24) is 0 Å². The highest BCUT2D eigenvalue weighted by molar-refractivity contribution is 7.99. The molecule has 5 nitrogen and oxygen atoms in total. The van der Waals surface area contributed by atoms with Gasteiger partial charge in [0.15, 0.2) is 5.03 Å². The highest BCUT2D eigenvalue weighted by atomic mass is 35.5. The van der Waals surface area contributed by atoms with Gasteiger partial charge in [-0.2, -0.15) is 5.26 Å². The first-order valence-corrected chi connectivity index (χ1v) is 10.2. The van der Waals surface area contributed by atoms with E-state index in [9.17, 15) is 5.26 Å². The highest BCUT2D eigenvalue weighted by Crippen LogP contribution is 2.36. The predicted octanol–water partition coefficient (Wildman–Crippen LogP) is 3.29. The maximum Gasteiger partial charge on any atom is 0.281 e. The minimum Gasteiger partial charge on any atom is -0.373 e.